The van der Waals surface area contributed by atoms with Crippen molar-refractivity contribution in [1.82, 2.24) is 4.90 Å². The Bertz CT molecular complexity index is 1590. The molecule has 2 amide bonds. The molecule has 36 heavy (non-hydrogen) atoms. The first kappa shape index (κ1) is 20.8. The van der Waals surface area contributed by atoms with Gasteiger partial charge in [0.15, 0.2) is 5.78 Å². The van der Waals surface area contributed by atoms with Gasteiger partial charge in [-0.3, -0.25) is 14.4 Å². The molecule has 0 radical (unpaired) electrons. The number of benzene rings is 4. The van der Waals surface area contributed by atoms with E-state index in [1.165, 1.54) is 4.90 Å². The van der Waals surface area contributed by atoms with Gasteiger partial charge in [0, 0.05) is 17.1 Å². The molecule has 0 unspecified atom stereocenters. The number of fused-ring (bicyclic) bond motifs is 6. The molecular formula is C31H22N2O3. The first-order valence-corrected chi connectivity index (χ1v) is 12.1. The number of imide groups is 1. The van der Waals surface area contributed by atoms with E-state index in [2.05, 4.69) is 0 Å². The Kier molecular flexibility index (Phi) is 4.48. The number of rotatable bonds is 3. The summed E-state index contributed by atoms with van der Waals surface area (Å²) >= 11 is 0. The first-order chi connectivity index (χ1) is 17.6. The van der Waals surface area contributed by atoms with E-state index >= 15 is 0 Å². The fraction of sp³-hybridized carbons (Fsp3) is 0.129. The third-order valence-corrected chi connectivity index (χ3v) is 7.80. The summed E-state index contributed by atoms with van der Waals surface area (Å²) in [6, 6.07) is 29.2. The number of hydrogen-bond donors (Lipinski definition) is 0. The molecule has 174 valence electrons. The zero-order valence-corrected chi connectivity index (χ0v) is 19.3. The SMILES string of the molecule is O=C(c1ccccc1)[C@H]1[C@H]2C(=O)N(c3cccc4ccccc34)C(=O)[C@@H]2[C@H]2c3ccccc3C=CN21. The Morgan fingerprint density at radius 2 is 1.39 bits per heavy atom. The van der Waals surface area contributed by atoms with Gasteiger partial charge < -0.3 is 4.90 Å². The third-order valence-electron chi connectivity index (χ3n) is 7.80. The number of carbonyl (C=O) groups excluding carboxylic acids is 3. The van der Waals surface area contributed by atoms with Crippen LogP contribution in [0.15, 0.2) is 103 Å². The molecule has 5 heteroatoms. The lowest BCUT2D eigenvalue weighted by atomic mass is 9.83. The van der Waals surface area contributed by atoms with E-state index in [0.29, 0.717) is 11.3 Å². The van der Waals surface area contributed by atoms with Crippen molar-refractivity contribution in [2.24, 2.45) is 11.8 Å². The average molecular weight is 471 g/mol. The van der Waals surface area contributed by atoms with Crippen LogP contribution in [-0.4, -0.2) is 28.5 Å². The van der Waals surface area contributed by atoms with Crippen molar-refractivity contribution >= 4 is 40.1 Å². The molecule has 5 nitrogen and oxygen atoms in total. The van der Waals surface area contributed by atoms with Crippen LogP contribution in [0.25, 0.3) is 16.8 Å². The lowest BCUT2D eigenvalue weighted by Crippen LogP contribution is -2.44. The molecule has 3 heterocycles. The minimum Gasteiger partial charge on any atom is -0.358 e. The monoisotopic (exact) mass is 470 g/mol. The molecule has 2 saturated heterocycles. The standard InChI is InChI=1S/C31H22N2O3/c34-29(21-11-2-1-3-12-21)28-26-25(27-23-15-7-5-10-20(23)17-18-32(27)28)30(35)33(31(26)36)24-16-8-13-19-9-4-6-14-22(19)24/h1-18,25-28H/t25-,26-,27+,28+/m0/s1. The number of carbonyl (C=O) groups is 3. The fourth-order valence-corrected chi connectivity index (χ4v) is 6.27. The van der Waals surface area contributed by atoms with Crippen LogP contribution < -0.4 is 4.90 Å². The molecule has 2 fully saturated rings. The van der Waals surface area contributed by atoms with Crippen LogP contribution in [0.5, 0.6) is 0 Å². The number of amides is 2. The van der Waals surface area contributed by atoms with Crippen molar-refractivity contribution in [2.75, 3.05) is 4.90 Å². The Morgan fingerprint density at radius 3 is 2.25 bits per heavy atom. The average Bonchev–Trinajstić information content (AvgIpc) is 3.40. The molecule has 0 aromatic heterocycles. The summed E-state index contributed by atoms with van der Waals surface area (Å²) < 4.78 is 0. The summed E-state index contributed by atoms with van der Waals surface area (Å²) in [5.41, 5.74) is 3.10. The molecule has 4 aromatic rings. The van der Waals surface area contributed by atoms with Gasteiger partial charge >= 0.3 is 0 Å². The van der Waals surface area contributed by atoms with Crippen molar-refractivity contribution < 1.29 is 14.4 Å². The lowest BCUT2D eigenvalue weighted by molar-refractivity contribution is -0.123. The quantitative estimate of drug-likeness (QED) is 0.304. The van der Waals surface area contributed by atoms with E-state index in [0.717, 1.165) is 21.9 Å². The molecule has 0 saturated carbocycles. The minimum absolute atomic E-state index is 0.141. The zero-order chi connectivity index (χ0) is 24.4. The van der Waals surface area contributed by atoms with Gasteiger partial charge in [0.25, 0.3) is 0 Å². The molecule has 0 aliphatic carbocycles. The predicted octanol–water partition coefficient (Wildman–Crippen LogP) is 5.24. The summed E-state index contributed by atoms with van der Waals surface area (Å²) in [7, 11) is 0. The van der Waals surface area contributed by atoms with Crippen molar-refractivity contribution in [3.05, 3.63) is 120 Å². The second-order valence-electron chi connectivity index (χ2n) is 9.57. The number of anilines is 1. The Labute approximate surface area is 208 Å². The van der Waals surface area contributed by atoms with Crippen LogP contribution in [0.3, 0.4) is 0 Å². The molecule has 7 rings (SSSR count). The van der Waals surface area contributed by atoms with E-state index in [1.54, 1.807) is 12.1 Å². The van der Waals surface area contributed by atoms with Gasteiger partial charge in [-0.1, -0.05) is 91.0 Å². The maximum Gasteiger partial charge on any atom is 0.240 e. The highest BCUT2D eigenvalue weighted by molar-refractivity contribution is 6.27. The topological polar surface area (TPSA) is 57.7 Å². The van der Waals surface area contributed by atoms with Gasteiger partial charge in [0.05, 0.1) is 23.6 Å². The van der Waals surface area contributed by atoms with Crippen molar-refractivity contribution in [2.45, 2.75) is 12.1 Å². The Hall–Kier alpha value is -4.51. The van der Waals surface area contributed by atoms with Crippen molar-refractivity contribution in [1.29, 1.82) is 0 Å². The minimum atomic E-state index is -0.773. The smallest absolute Gasteiger partial charge is 0.240 e. The van der Waals surface area contributed by atoms with Gasteiger partial charge in [0.2, 0.25) is 11.8 Å². The highest BCUT2D eigenvalue weighted by Gasteiger charge is 2.64. The van der Waals surface area contributed by atoms with Crippen LogP contribution >= 0.6 is 0 Å². The summed E-state index contributed by atoms with van der Waals surface area (Å²) in [5.74, 6) is -2.12. The van der Waals surface area contributed by atoms with Gasteiger partial charge in [-0.2, -0.15) is 0 Å². The van der Waals surface area contributed by atoms with E-state index in [-0.39, 0.29) is 23.6 Å². The number of Topliss-reactive ketones (excluding diaryl/α,β-unsaturated/α-hetero) is 1. The summed E-state index contributed by atoms with van der Waals surface area (Å²) in [4.78, 5) is 45.5. The molecule has 4 aromatic carbocycles. The number of hydrogen-bond acceptors (Lipinski definition) is 4. The molecule has 4 atom stereocenters. The van der Waals surface area contributed by atoms with E-state index in [4.69, 9.17) is 0 Å². The molecule has 0 spiro atoms. The van der Waals surface area contributed by atoms with Crippen LogP contribution in [0.1, 0.15) is 27.5 Å². The molecule has 0 bridgehead atoms. The lowest BCUT2D eigenvalue weighted by Gasteiger charge is -2.35. The number of ketones is 1. The number of nitrogens with zero attached hydrogens (tertiary/aromatic N) is 2. The van der Waals surface area contributed by atoms with Gasteiger partial charge in [-0.25, -0.2) is 4.90 Å². The van der Waals surface area contributed by atoms with Crippen molar-refractivity contribution in [3.8, 4) is 0 Å². The second kappa shape index (κ2) is 7.75. The third kappa shape index (κ3) is 2.80. The summed E-state index contributed by atoms with van der Waals surface area (Å²) in [5, 5.41) is 1.80. The fourth-order valence-electron chi connectivity index (χ4n) is 6.27. The van der Waals surface area contributed by atoms with Crippen LogP contribution in [-0.2, 0) is 9.59 Å². The Morgan fingerprint density at radius 1 is 0.694 bits per heavy atom. The van der Waals surface area contributed by atoms with Gasteiger partial charge in [-0.15, -0.1) is 0 Å². The van der Waals surface area contributed by atoms with Crippen LogP contribution in [0.4, 0.5) is 5.69 Å². The summed E-state index contributed by atoms with van der Waals surface area (Å²) in [6.45, 7) is 0. The molecule has 3 aliphatic rings. The van der Waals surface area contributed by atoms with Gasteiger partial charge in [0.1, 0.15) is 6.04 Å². The van der Waals surface area contributed by atoms with Crippen molar-refractivity contribution in [3.63, 3.8) is 0 Å². The predicted molar refractivity (Wildman–Crippen MR) is 138 cm³/mol. The zero-order valence-electron chi connectivity index (χ0n) is 19.3. The van der Waals surface area contributed by atoms with E-state index in [9.17, 15) is 14.4 Å². The molecule has 0 N–H and O–H groups in total. The van der Waals surface area contributed by atoms with E-state index < -0.39 is 17.9 Å². The highest BCUT2D eigenvalue weighted by Crippen LogP contribution is 2.54. The Balaban J connectivity index is 1.41. The molecular weight excluding hydrogens is 448 g/mol. The van der Waals surface area contributed by atoms with Crippen LogP contribution in [0, 0.1) is 11.8 Å². The second-order valence-corrected chi connectivity index (χ2v) is 9.57. The maximum atomic E-state index is 14.2. The van der Waals surface area contributed by atoms with E-state index in [1.807, 2.05) is 102 Å². The maximum absolute atomic E-state index is 14.2. The molecule has 3 aliphatic heterocycles. The summed E-state index contributed by atoms with van der Waals surface area (Å²) in [6.07, 6.45) is 3.86. The normalized spacial score (nSPS) is 24.1. The first-order valence-electron chi connectivity index (χ1n) is 12.1. The van der Waals surface area contributed by atoms with Gasteiger partial charge in [-0.05, 0) is 28.7 Å². The highest BCUT2D eigenvalue weighted by atomic mass is 16.2. The van der Waals surface area contributed by atoms with Crippen LogP contribution in [0.2, 0.25) is 0 Å². The largest absolute Gasteiger partial charge is 0.358 e.